The Hall–Kier alpha value is -2.37. The van der Waals surface area contributed by atoms with Crippen LogP contribution < -0.4 is 5.73 Å². The van der Waals surface area contributed by atoms with Gasteiger partial charge in [0, 0.05) is 17.9 Å². The summed E-state index contributed by atoms with van der Waals surface area (Å²) in [5.74, 6) is -0.729. The van der Waals surface area contributed by atoms with E-state index in [2.05, 4.69) is 9.97 Å². The van der Waals surface area contributed by atoms with Crippen LogP contribution in [0.3, 0.4) is 0 Å². The van der Waals surface area contributed by atoms with Crippen molar-refractivity contribution in [2.45, 2.75) is 31.4 Å². The lowest BCUT2D eigenvalue weighted by molar-refractivity contribution is -0.125. The maximum absolute atomic E-state index is 13.6. The molecular formula is C16H15F2N3O. The highest BCUT2D eigenvalue weighted by molar-refractivity contribution is 5.83. The summed E-state index contributed by atoms with van der Waals surface area (Å²) in [5, 5.41) is 0. The lowest BCUT2D eigenvalue weighted by Crippen LogP contribution is -2.25. The SMILES string of the molecule is Nc1ncc([C@@H]2CCC(=O)[C@H](F)C2)nc1-c1cccc(F)c1. The molecule has 1 fully saturated rings. The number of halogens is 2. The fourth-order valence-electron chi connectivity index (χ4n) is 2.70. The lowest BCUT2D eigenvalue weighted by Gasteiger charge is -2.23. The molecule has 0 unspecified atom stereocenters. The average molecular weight is 303 g/mol. The van der Waals surface area contributed by atoms with Crippen LogP contribution in [0.2, 0.25) is 0 Å². The number of hydrogen-bond donors (Lipinski definition) is 1. The number of carbonyl (C=O) groups is 1. The van der Waals surface area contributed by atoms with Crippen molar-refractivity contribution in [1.82, 2.24) is 9.97 Å². The average Bonchev–Trinajstić information content (AvgIpc) is 2.50. The first-order valence-corrected chi connectivity index (χ1v) is 7.09. The van der Waals surface area contributed by atoms with Crippen molar-refractivity contribution < 1.29 is 13.6 Å². The van der Waals surface area contributed by atoms with Gasteiger partial charge in [0.1, 0.15) is 17.3 Å². The predicted octanol–water partition coefficient (Wildman–Crippen LogP) is 3.04. The molecule has 1 heterocycles. The largest absolute Gasteiger partial charge is 0.382 e. The first-order chi connectivity index (χ1) is 10.5. The molecule has 6 heteroatoms. The van der Waals surface area contributed by atoms with Crippen molar-refractivity contribution in [1.29, 1.82) is 0 Å². The van der Waals surface area contributed by atoms with E-state index in [4.69, 9.17) is 5.73 Å². The van der Waals surface area contributed by atoms with Gasteiger partial charge < -0.3 is 5.73 Å². The fraction of sp³-hybridized carbons (Fsp3) is 0.312. The van der Waals surface area contributed by atoms with E-state index in [0.717, 1.165) is 0 Å². The van der Waals surface area contributed by atoms with E-state index in [1.165, 1.54) is 18.3 Å². The number of Topliss-reactive ketones (excluding diaryl/α,β-unsaturated/α-hetero) is 1. The zero-order valence-corrected chi connectivity index (χ0v) is 11.8. The van der Waals surface area contributed by atoms with Crippen molar-refractivity contribution >= 4 is 11.6 Å². The normalized spacial score (nSPS) is 21.8. The molecule has 0 bridgehead atoms. The number of benzene rings is 1. The Morgan fingerprint density at radius 1 is 1.32 bits per heavy atom. The Balaban J connectivity index is 1.95. The second kappa shape index (κ2) is 5.79. The summed E-state index contributed by atoms with van der Waals surface area (Å²) in [6.07, 6.45) is 0.912. The van der Waals surface area contributed by atoms with Crippen molar-refractivity contribution in [2.75, 3.05) is 5.73 Å². The zero-order valence-electron chi connectivity index (χ0n) is 11.8. The van der Waals surface area contributed by atoms with Gasteiger partial charge >= 0.3 is 0 Å². The highest BCUT2D eigenvalue weighted by Crippen LogP contribution is 2.33. The number of alkyl halides is 1. The van der Waals surface area contributed by atoms with Crippen molar-refractivity contribution in [2.24, 2.45) is 0 Å². The van der Waals surface area contributed by atoms with Gasteiger partial charge in [0.05, 0.1) is 11.9 Å². The number of anilines is 1. The summed E-state index contributed by atoms with van der Waals surface area (Å²) in [6, 6.07) is 5.91. The number of hydrogen-bond acceptors (Lipinski definition) is 4. The minimum absolute atomic E-state index is 0.111. The van der Waals surface area contributed by atoms with E-state index in [1.54, 1.807) is 12.1 Å². The van der Waals surface area contributed by atoms with Crippen molar-refractivity contribution in [3.63, 3.8) is 0 Å². The van der Waals surface area contributed by atoms with E-state index in [0.29, 0.717) is 23.4 Å². The minimum atomic E-state index is -1.45. The Kier molecular flexibility index (Phi) is 3.83. The lowest BCUT2D eigenvalue weighted by atomic mass is 9.85. The Labute approximate surface area is 126 Å². The monoisotopic (exact) mass is 303 g/mol. The van der Waals surface area contributed by atoms with Gasteiger partial charge in [-0.3, -0.25) is 4.79 Å². The predicted molar refractivity (Wildman–Crippen MR) is 78.3 cm³/mol. The Morgan fingerprint density at radius 3 is 2.86 bits per heavy atom. The third-order valence-corrected chi connectivity index (χ3v) is 3.92. The fourth-order valence-corrected chi connectivity index (χ4v) is 2.70. The first kappa shape index (κ1) is 14.6. The standard InChI is InChI=1S/C16H15F2N3O/c17-11-3-1-2-10(6-11)15-16(19)20-8-13(21-15)9-4-5-14(22)12(18)7-9/h1-3,6,8-9,12H,4-5,7H2,(H2,19,20)/t9-,12-/m1/s1. The third-order valence-electron chi connectivity index (χ3n) is 3.92. The highest BCUT2D eigenvalue weighted by atomic mass is 19.1. The van der Waals surface area contributed by atoms with Crippen LogP contribution in [0, 0.1) is 5.82 Å². The van der Waals surface area contributed by atoms with Crippen LogP contribution >= 0.6 is 0 Å². The maximum atomic E-state index is 13.6. The number of rotatable bonds is 2. The molecule has 0 amide bonds. The van der Waals surface area contributed by atoms with Crippen LogP contribution in [0.1, 0.15) is 30.9 Å². The van der Waals surface area contributed by atoms with Crippen LogP contribution in [-0.4, -0.2) is 21.9 Å². The van der Waals surface area contributed by atoms with Gasteiger partial charge in [0.2, 0.25) is 0 Å². The van der Waals surface area contributed by atoms with Crippen molar-refractivity contribution in [3.8, 4) is 11.3 Å². The van der Waals surface area contributed by atoms with Crippen LogP contribution in [0.5, 0.6) is 0 Å². The number of nitrogens with zero attached hydrogens (tertiary/aromatic N) is 2. The summed E-state index contributed by atoms with van der Waals surface area (Å²) < 4.78 is 27.0. The molecule has 4 nitrogen and oxygen atoms in total. The van der Waals surface area contributed by atoms with Gasteiger partial charge in [-0.25, -0.2) is 18.7 Å². The van der Waals surface area contributed by atoms with Crippen LogP contribution in [0.4, 0.5) is 14.6 Å². The number of ketones is 1. The van der Waals surface area contributed by atoms with Gasteiger partial charge in [-0.05, 0) is 25.0 Å². The Bertz CT molecular complexity index is 720. The van der Waals surface area contributed by atoms with E-state index < -0.39 is 12.0 Å². The number of aromatic nitrogens is 2. The van der Waals surface area contributed by atoms with Gasteiger partial charge in [-0.2, -0.15) is 0 Å². The summed E-state index contributed by atoms with van der Waals surface area (Å²) in [5.41, 5.74) is 7.32. The molecule has 2 aromatic rings. The van der Waals surface area contributed by atoms with Crippen LogP contribution in [0.25, 0.3) is 11.3 Å². The first-order valence-electron chi connectivity index (χ1n) is 7.09. The summed E-state index contributed by atoms with van der Waals surface area (Å²) in [7, 11) is 0. The molecule has 0 saturated heterocycles. The second-order valence-electron chi connectivity index (χ2n) is 5.44. The highest BCUT2D eigenvalue weighted by Gasteiger charge is 2.30. The summed E-state index contributed by atoms with van der Waals surface area (Å²) in [4.78, 5) is 19.8. The van der Waals surface area contributed by atoms with Crippen molar-refractivity contribution in [3.05, 3.63) is 42.0 Å². The molecule has 3 rings (SSSR count). The topological polar surface area (TPSA) is 68.9 Å². The molecule has 22 heavy (non-hydrogen) atoms. The molecule has 114 valence electrons. The van der Waals surface area contributed by atoms with E-state index >= 15 is 0 Å². The molecule has 0 aliphatic heterocycles. The molecule has 0 spiro atoms. The zero-order chi connectivity index (χ0) is 15.7. The molecule has 2 atom stereocenters. The Morgan fingerprint density at radius 2 is 2.14 bits per heavy atom. The van der Waals surface area contributed by atoms with E-state index in [1.807, 2.05) is 0 Å². The van der Waals surface area contributed by atoms with E-state index in [-0.39, 0.29) is 30.4 Å². The summed E-state index contributed by atoms with van der Waals surface area (Å²) in [6.45, 7) is 0. The maximum Gasteiger partial charge on any atom is 0.166 e. The summed E-state index contributed by atoms with van der Waals surface area (Å²) >= 11 is 0. The minimum Gasteiger partial charge on any atom is -0.382 e. The van der Waals surface area contributed by atoms with Crippen LogP contribution in [0.15, 0.2) is 30.5 Å². The molecule has 1 saturated carbocycles. The third kappa shape index (κ3) is 2.81. The molecule has 1 aliphatic rings. The smallest absolute Gasteiger partial charge is 0.166 e. The molecule has 1 aromatic heterocycles. The second-order valence-corrected chi connectivity index (χ2v) is 5.44. The molecular weight excluding hydrogens is 288 g/mol. The van der Waals surface area contributed by atoms with Gasteiger partial charge in [0.15, 0.2) is 12.0 Å². The number of nitrogen functional groups attached to an aromatic ring is 1. The molecule has 1 aromatic carbocycles. The number of carbonyl (C=O) groups excluding carboxylic acids is 1. The van der Waals surface area contributed by atoms with E-state index in [9.17, 15) is 13.6 Å². The van der Waals surface area contributed by atoms with Gasteiger partial charge in [-0.15, -0.1) is 0 Å². The van der Waals surface area contributed by atoms with Gasteiger partial charge in [-0.1, -0.05) is 12.1 Å². The molecule has 0 radical (unpaired) electrons. The quantitative estimate of drug-likeness (QED) is 0.926. The number of nitrogens with two attached hydrogens (primary N) is 1. The van der Waals surface area contributed by atoms with Crippen LogP contribution in [-0.2, 0) is 4.79 Å². The molecule has 1 aliphatic carbocycles. The van der Waals surface area contributed by atoms with Gasteiger partial charge in [0.25, 0.3) is 0 Å². The molecule has 2 N–H and O–H groups in total.